The monoisotopic (exact) mass is 189 g/mol. The second kappa shape index (κ2) is 3.45. The van der Waals surface area contributed by atoms with Gasteiger partial charge in [-0.2, -0.15) is 5.10 Å². The summed E-state index contributed by atoms with van der Waals surface area (Å²) >= 11 is 0. The number of aryl methyl sites for hydroxylation is 1. The fraction of sp³-hybridized carbons (Fsp3) is 0.222. The van der Waals surface area contributed by atoms with E-state index in [0.29, 0.717) is 0 Å². The zero-order chi connectivity index (χ0) is 9.97. The molecule has 2 aromatic rings. The van der Waals surface area contributed by atoms with Gasteiger partial charge in [-0.3, -0.25) is 0 Å². The number of nitrogens with zero attached hydrogens (tertiary/aromatic N) is 4. The van der Waals surface area contributed by atoms with Gasteiger partial charge in [0.15, 0.2) is 5.82 Å². The number of hydrogen-bond donors (Lipinski definition) is 1. The summed E-state index contributed by atoms with van der Waals surface area (Å²) in [5.41, 5.74) is 1.11. The van der Waals surface area contributed by atoms with Crippen LogP contribution in [0.5, 0.6) is 0 Å². The van der Waals surface area contributed by atoms with Crippen molar-refractivity contribution in [3.8, 4) is 5.82 Å². The maximum Gasteiger partial charge on any atom is 0.158 e. The molecule has 2 aromatic heterocycles. The first kappa shape index (κ1) is 8.68. The van der Waals surface area contributed by atoms with E-state index < -0.39 is 0 Å². The molecule has 0 atom stereocenters. The van der Waals surface area contributed by atoms with Gasteiger partial charge in [0.25, 0.3) is 0 Å². The molecule has 0 fully saturated rings. The van der Waals surface area contributed by atoms with Gasteiger partial charge in [0.05, 0.1) is 6.20 Å². The maximum absolute atomic E-state index is 4.16. The van der Waals surface area contributed by atoms with E-state index in [2.05, 4.69) is 20.4 Å². The summed E-state index contributed by atoms with van der Waals surface area (Å²) in [4.78, 5) is 8.15. The highest BCUT2D eigenvalue weighted by molar-refractivity contribution is 5.39. The Morgan fingerprint density at radius 2 is 2.21 bits per heavy atom. The molecule has 5 heteroatoms. The van der Waals surface area contributed by atoms with Crippen LogP contribution in [0.15, 0.2) is 24.8 Å². The lowest BCUT2D eigenvalue weighted by molar-refractivity contribution is 0.840. The first-order chi connectivity index (χ1) is 6.79. The Labute approximate surface area is 81.8 Å². The largest absolute Gasteiger partial charge is 0.373 e. The molecule has 0 unspecified atom stereocenters. The molecule has 1 N–H and O–H groups in total. The summed E-state index contributed by atoms with van der Waals surface area (Å²) in [7, 11) is 1.82. The predicted molar refractivity (Wildman–Crippen MR) is 53.4 cm³/mol. The molecule has 0 aliphatic heterocycles. The van der Waals surface area contributed by atoms with Crippen LogP contribution < -0.4 is 5.32 Å². The predicted octanol–water partition coefficient (Wildman–Crippen LogP) is 1.01. The van der Waals surface area contributed by atoms with Crippen molar-refractivity contribution in [3.05, 3.63) is 30.4 Å². The van der Waals surface area contributed by atoms with Crippen LogP contribution in [0.2, 0.25) is 0 Å². The highest BCUT2D eigenvalue weighted by Gasteiger charge is 2.00. The summed E-state index contributed by atoms with van der Waals surface area (Å²) in [5, 5.41) is 7.11. The van der Waals surface area contributed by atoms with Crippen LogP contribution in [0.4, 0.5) is 5.82 Å². The van der Waals surface area contributed by atoms with Crippen LogP contribution in [0.25, 0.3) is 5.82 Å². The third kappa shape index (κ3) is 1.56. The Bertz CT molecular complexity index is 434. The van der Waals surface area contributed by atoms with Crippen molar-refractivity contribution in [2.24, 2.45) is 0 Å². The second-order valence-corrected chi connectivity index (χ2v) is 2.97. The topological polar surface area (TPSA) is 55.6 Å². The highest BCUT2D eigenvalue weighted by atomic mass is 15.3. The van der Waals surface area contributed by atoms with Crippen molar-refractivity contribution in [1.82, 2.24) is 19.7 Å². The van der Waals surface area contributed by atoms with Gasteiger partial charge >= 0.3 is 0 Å². The van der Waals surface area contributed by atoms with Crippen LogP contribution >= 0.6 is 0 Å². The molecular formula is C9H11N5. The average Bonchev–Trinajstić information content (AvgIpc) is 2.65. The fourth-order valence-electron chi connectivity index (χ4n) is 1.15. The molecule has 0 saturated carbocycles. The van der Waals surface area contributed by atoms with Gasteiger partial charge in [-0.15, -0.1) is 0 Å². The quantitative estimate of drug-likeness (QED) is 0.766. The molecule has 0 aromatic carbocycles. The van der Waals surface area contributed by atoms with Crippen molar-refractivity contribution in [1.29, 1.82) is 0 Å². The van der Waals surface area contributed by atoms with Gasteiger partial charge < -0.3 is 5.32 Å². The number of rotatable bonds is 2. The maximum atomic E-state index is 4.16. The molecule has 5 nitrogen and oxygen atoms in total. The van der Waals surface area contributed by atoms with Crippen molar-refractivity contribution in [2.45, 2.75) is 6.92 Å². The third-order valence-corrected chi connectivity index (χ3v) is 1.86. The Morgan fingerprint density at radius 3 is 2.86 bits per heavy atom. The third-order valence-electron chi connectivity index (χ3n) is 1.86. The van der Waals surface area contributed by atoms with E-state index in [0.717, 1.165) is 17.2 Å². The van der Waals surface area contributed by atoms with Gasteiger partial charge in [0.2, 0.25) is 0 Å². The molecule has 0 saturated heterocycles. The van der Waals surface area contributed by atoms with Crippen molar-refractivity contribution in [2.75, 3.05) is 12.4 Å². The molecule has 72 valence electrons. The van der Waals surface area contributed by atoms with Crippen molar-refractivity contribution < 1.29 is 0 Å². The fourth-order valence-corrected chi connectivity index (χ4v) is 1.15. The second-order valence-electron chi connectivity index (χ2n) is 2.97. The lowest BCUT2D eigenvalue weighted by Crippen LogP contribution is -2.00. The van der Waals surface area contributed by atoms with Gasteiger partial charge in [0.1, 0.15) is 12.1 Å². The first-order valence-corrected chi connectivity index (χ1v) is 4.31. The summed E-state index contributed by atoms with van der Waals surface area (Å²) in [6, 6.07) is 1.84. The Balaban J connectivity index is 2.41. The van der Waals surface area contributed by atoms with E-state index in [-0.39, 0.29) is 0 Å². The molecule has 0 bridgehead atoms. The van der Waals surface area contributed by atoms with Crippen LogP contribution in [-0.2, 0) is 0 Å². The minimum Gasteiger partial charge on any atom is -0.373 e. The van der Waals surface area contributed by atoms with E-state index in [9.17, 15) is 0 Å². The standard InChI is InChI=1S/C9H11N5/c1-7-4-13-14(5-7)9-3-8(10-2)11-6-12-9/h3-6H,1-2H3,(H,10,11,12). The van der Waals surface area contributed by atoms with E-state index >= 15 is 0 Å². The molecule has 0 aliphatic carbocycles. The molecular weight excluding hydrogens is 178 g/mol. The highest BCUT2D eigenvalue weighted by Crippen LogP contribution is 2.07. The molecule has 0 spiro atoms. The van der Waals surface area contributed by atoms with E-state index in [1.807, 2.05) is 26.2 Å². The lowest BCUT2D eigenvalue weighted by atomic mass is 10.4. The van der Waals surface area contributed by atoms with Gasteiger partial charge in [-0.05, 0) is 12.5 Å². The number of anilines is 1. The number of nitrogens with one attached hydrogen (secondary N) is 1. The molecule has 0 aliphatic rings. The Morgan fingerprint density at radius 1 is 1.36 bits per heavy atom. The smallest absolute Gasteiger partial charge is 0.158 e. The lowest BCUT2D eigenvalue weighted by Gasteiger charge is -2.01. The average molecular weight is 189 g/mol. The zero-order valence-corrected chi connectivity index (χ0v) is 8.10. The number of hydrogen-bond acceptors (Lipinski definition) is 4. The van der Waals surface area contributed by atoms with Crippen molar-refractivity contribution in [3.63, 3.8) is 0 Å². The van der Waals surface area contributed by atoms with Crippen LogP contribution in [0.3, 0.4) is 0 Å². The van der Waals surface area contributed by atoms with Crippen molar-refractivity contribution >= 4 is 5.82 Å². The van der Waals surface area contributed by atoms with E-state index in [1.165, 1.54) is 6.33 Å². The van der Waals surface area contributed by atoms with Gasteiger partial charge in [0, 0.05) is 19.3 Å². The summed E-state index contributed by atoms with van der Waals surface area (Å²) in [6.07, 6.45) is 5.22. The van der Waals surface area contributed by atoms with Gasteiger partial charge in [-0.1, -0.05) is 0 Å². The molecule has 0 amide bonds. The Kier molecular flexibility index (Phi) is 2.14. The summed E-state index contributed by atoms with van der Waals surface area (Å²) in [5.74, 6) is 1.54. The number of aromatic nitrogens is 4. The summed E-state index contributed by atoms with van der Waals surface area (Å²) in [6.45, 7) is 1.99. The van der Waals surface area contributed by atoms with E-state index in [1.54, 1.807) is 10.9 Å². The van der Waals surface area contributed by atoms with Gasteiger partial charge in [-0.25, -0.2) is 14.6 Å². The zero-order valence-electron chi connectivity index (χ0n) is 8.10. The van der Waals surface area contributed by atoms with Crippen LogP contribution in [0.1, 0.15) is 5.56 Å². The van der Waals surface area contributed by atoms with Crippen LogP contribution in [0, 0.1) is 6.92 Å². The molecule has 0 radical (unpaired) electrons. The normalized spacial score (nSPS) is 10.1. The minimum absolute atomic E-state index is 0.762. The molecule has 2 heterocycles. The first-order valence-electron chi connectivity index (χ1n) is 4.31. The summed E-state index contributed by atoms with van der Waals surface area (Å²) < 4.78 is 1.72. The minimum atomic E-state index is 0.762. The molecule has 14 heavy (non-hydrogen) atoms. The SMILES string of the molecule is CNc1cc(-n2cc(C)cn2)ncn1. The van der Waals surface area contributed by atoms with E-state index in [4.69, 9.17) is 0 Å². The molecule has 2 rings (SSSR count). The van der Waals surface area contributed by atoms with Crippen LogP contribution in [-0.4, -0.2) is 26.8 Å². The Hall–Kier alpha value is -1.91.